The largest absolute Gasteiger partial charge is 0.481 e. The van der Waals surface area contributed by atoms with Gasteiger partial charge in [-0.05, 0) is 33.1 Å². The van der Waals surface area contributed by atoms with E-state index in [0.29, 0.717) is 19.4 Å². The van der Waals surface area contributed by atoms with Gasteiger partial charge in [-0.25, -0.2) is 4.79 Å². The average Bonchev–Trinajstić information content (AvgIpc) is 2.97. The summed E-state index contributed by atoms with van der Waals surface area (Å²) in [4.78, 5) is 23.4. The van der Waals surface area contributed by atoms with Gasteiger partial charge in [0.2, 0.25) is 0 Å². The predicted molar refractivity (Wildman–Crippen MR) is 73.5 cm³/mol. The maximum Gasteiger partial charge on any atom is 0.315 e. The lowest BCUT2D eigenvalue weighted by Gasteiger charge is -2.30. The van der Waals surface area contributed by atoms with Crippen LogP contribution in [0.1, 0.15) is 46.0 Å². The molecular formula is C14H24N2O4. The van der Waals surface area contributed by atoms with Crippen LogP contribution >= 0.6 is 0 Å². The molecular weight excluding hydrogens is 260 g/mol. The molecule has 0 radical (unpaired) electrons. The van der Waals surface area contributed by atoms with Crippen LogP contribution in [0.15, 0.2) is 0 Å². The Morgan fingerprint density at radius 3 is 2.45 bits per heavy atom. The molecule has 3 N–H and O–H groups in total. The Hall–Kier alpha value is -1.30. The molecule has 2 atom stereocenters. The molecule has 1 saturated carbocycles. The molecule has 20 heavy (non-hydrogen) atoms. The van der Waals surface area contributed by atoms with Crippen molar-refractivity contribution < 1.29 is 19.4 Å². The van der Waals surface area contributed by atoms with E-state index in [0.717, 1.165) is 19.3 Å². The predicted octanol–water partition coefficient (Wildman–Crippen LogP) is 1.50. The lowest BCUT2D eigenvalue weighted by atomic mass is 9.86. The number of rotatable bonds is 4. The van der Waals surface area contributed by atoms with Gasteiger partial charge in [-0.3, -0.25) is 4.79 Å². The van der Waals surface area contributed by atoms with E-state index in [1.54, 1.807) is 0 Å². The molecule has 2 amide bonds. The highest BCUT2D eigenvalue weighted by Crippen LogP contribution is 2.37. The molecule has 114 valence electrons. The van der Waals surface area contributed by atoms with Crippen molar-refractivity contribution in [2.24, 2.45) is 5.41 Å². The topological polar surface area (TPSA) is 87.7 Å². The van der Waals surface area contributed by atoms with Crippen molar-refractivity contribution in [3.63, 3.8) is 0 Å². The fourth-order valence-corrected chi connectivity index (χ4v) is 3.07. The summed E-state index contributed by atoms with van der Waals surface area (Å²) in [6.07, 6.45) is 3.84. The highest BCUT2D eigenvalue weighted by molar-refractivity contribution is 5.78. The Labute approximate surface area is 119 Å². The van der Waals surface area contributed by atoms with Crippen molar-refractivity contribution in [3.8, 4) is 0 Å². The second-order valence-electron chi connectivity index (χ2n) is 6.28. The Morgan fingerprint density at radius 1 is 1.30 bits per heavy atom. The highest BCUT2D eigenvalue weighted by atomic mass is 16.5. The second kappa shape index (κ2) is 5.60. The average molecular weight is 284 g/mol. The summed E-state index contributed by atoms with van der Waals surface area (Å²) in [5.74, 6) is -0.806. The lowest BCUT2D eigenvalue weighted by molar-refractivity contribution is -0.148. The van der Waals surface area contributed by atoms with Gasteiger partial charge in [-0.15, -0.1) is 0 Å². The number of ether oxygens (including phenoxy) is 1. The van der Waals surface area contributed by atoms with Crippen LogP contribution in [-0.4, -0.2) is 41.9 Å². The quantitative estimate of drug-likeness (QED) is 0.730. The van der Waals surface area contributed by atoms with Gasteiger partial charge in [0.15, 0.2) is 0 Å². The smallest absolute Gasteiger partial charge is 0.315 e. The molecule has 0 aromatic carbocycles. The lowest BCUT2D eigenvalue weighted by Crippen LogP contribution is -2.55. The van der Waals surface area contributed by atoms with Gasteiger partial charge in [-0.2, -0.15) is 0 Å². The second-order valence-corrected chi connectivity index (χ2v) is 6.28. The van der Waals surface area contributed by atoms with Crippen LogP contribution in [0.3, 0.4) is 0 Å². The molecule has 0 aromatic heterocycles. The van der Waals surface area contributed by atoms with E-state index in [1.807, 2.05) is 13.8 Å². The van der Waals surface area contributed by atoms with Crippen molar-refractivity contribution in [1.29, 1.82) is 0 Å². The summed E-state index contributed by atoms with van der Waals surface area (Å²) in [6, 6.07) is -0.308. The standard InChI is InChI=1S/C14H24N2O4/c1-10-13(2,7-8-20-10)16-12(19)15-9-14(11(17)18)5-3-4-6-14/h10H,3-9H2,1-2H3,(H,17,18)(H2,15,16,19). The van der Waals surface area contributed by atoms with E-state index in [2.05, 4.69) is 10.6 Å². The zero-order valence-electron chi connectivity index (χ0n) is 12.2. The van der Waals surface area contributed by atoms with Gasteiger partial charge in [0.1, 0.15) is 0 Å². The summed E-state index contributed by atoms with van der Waals surface area (Å²) in [6.45, 7) is 4.71. The third-order valence-electron chi connectivity index (χ3n) is 4.89. The van der Waals surface area contributed by atoms with Gasteiger partial charge in [-0.1, -0.05) is 12.8 Å². The van der Waals surface area contributed by atoms with Crippen molar-refractivity contribution in [3.05, 3.63) is 0 Å². The Morgan fingerprint density at radius 2 is 1.95 bits per heavy atom. The Balaban J connectivity index is 1.87. The third-order valence-corrected chi connectivity index (χ3v) is 4.89. The molecule has 2 rings (SSSR count). The van der Waals surface area contributed by atoms with Crippen molar-refractivity contribution in [1.82, 2.24) is 10.6 Å². The van der Waals surface area contributed by atoms with Gasteiger partial charge in [0.25, 0.3) is 0 Å². The fourth-order valence-electron chi connectivity index (χ4n) is 3.07. The van der Waals surface area contributed by atoms with Gasteiger partial charge >= 0.3 is 12.0 Å². The summed E-state index contributed by atoms with van der Waals surface area (Å²) < 4.78 is 5.47. The van der Waals surface area contributed by atoms with Crippen LogP contribution in [0.5, 0.6) is 0 Å². The summed E-state index contributed by atoms with van der Waals surface area (Å²) in [5, 5.41) is 15.0. The summed E-state index contributed by atoms with van der Waals surface area (Å²) in [7, 11) is 0. The van der Waals surface area contributed by atoms with Gasteiger partial charge < -0.3 is 20.5 Å². The van der Waals surface area contributed by atoms with Crippen LogP contribution in [-0.2, 0) is 9.53 Å². The van der Waals surface area contributed by atoms with E-state index < -0.39 is 11.4 Å². The molecule has 1 aliphatic carbocycles. The molecule has 0 bridgehead atoms. The summed E-state index contributed by atoms with van der Waals surface area (Å²) >= 11 is 0. The zero-order valence-corrected chi connectivity index (χ0v) is 12.2. The van der Waals surface area contributed by atoms with E-state index in [9.17, 15) is 14.7 Å². The molecule has 6 nitrogen and oxygen atoms in total. The number of urea groups is 1. The SMILES string of the molecule is CC1OCCC1(C)NC(=O)NCC1(C(=O)O)CCCC1. The molecule has 0 aromatic rings. The molecule has 2 unspecified atom stereocenters. The Kier molecular flexibility index (Phi) is 4.22. The number of carboxylic acid groups (broad SMARTS) is 1. The van der Waals surface area contributed by atoms with Crippen LogP contribution in [0, 0.1) is 5.41 Å². The monoisotopic (exact) mass is 284 g/mol. The highest BCUT2D eigenvalue weighted by Gasteiger charge is 2.42. The first kappa shape index (κ1) is 15.1. The number of carbonyl (C=O) groups is 2. The van der Waals surface area contributed by atoms with Crippen LogP contribution < -0.4 is 10.6 Å². The minimum absolute atomic E-state index is 0.0341. The minimum Gasteiger partial charge on any atom is -0.481 e. The molecule has 1 aliphatic heterocycles. The summed E-state index contributed by atoms with van der Waals surface area (Å²) in [5.41, 5.74) is -1.16. The van der Waals surface area contributed by atoms with Crippen LogP contribution in [0.25, 0.3) is 0 Å². The molecule has 2 aliphatic rings. The van der Waals surface area contributed by atoms with E-state index in [4.69, 9.17) is 4.74 Å². The molecule has 2 fully saturated rings. The molecule has 6 heteroatoms. The van der Waals surface area contributed by atoms with Gasteiger partial charge in [0.05, 0.1) is 17.1 Å². The molecule has 1 heterocycles. The first-order chi connectivity index (χ1) is 9.38. The van der Waals surface area contributed by atoms with Crippen molar-refractivity contribution in [2.45, 2.75) is 57.6 Å². The molecule has 0 spiro atoms. The number of aliphatic carboxylic acids is 1. The normalized spacial score (nSPS) is 32.0. The van der Waals surface area contributed by atoms with Gasteiger partial charge in [0, 0.05) is 13.2 Å². The minimum atomic E-state index is -0.806. The maximum atomic E-state index is 12.0. The molecule has 1 saturated heterocycles. The zero-order chi connectivity index (χ0) is 14.8. The van der Waals surface area contributed by atoms with Crippen molar-refractivity contribution >= 4 is 12.0 Å². The number of hydrogen-bond acceptors (Lipinski definition) is 3. The number of nitrogens with one attached hydrogen (secondary N) is 2. The van der Waals surface area contributed by atoms with E-state index in [1.165, 1.54) is 0 Å². The first-order valence-electron chi connectivity index (χ1n) is 7.29. The van der Waals surface area contributed by atoms with E-state index in [-0.39, 0.29) is 24.2 Å². The number of amides is 2. The number of hydrogen-bond donors (Lipinski definition) is 3. The Bertz CT molecular complexity index is 393. The maximum absolute atomic E-state index is 12.0. The van der Waals surface area contributed by atoms with Crippen LogP contribution in [0.4, 0.5) is 4.79 Å². The fraction of sp³-hybridized carbons (Fsp3) is 0.857. The van der Waals surface area contributed by atoms with E-state index >= 15 is 0 Å². The van der Waals surface area contributed by atoms with Crippen LogP contribution in [0.2, 0.25) is 0 Å². The number of carboxylic acids is 1. The number of carbonyl (C=O) groups excluding carboxylic acids is 1. The van der Waals surface area contributed by atoms with Crippen molar-refractivity contribution in [2.75, 3.05) is 13.2 Å². The third kappa shape index (κ3) is 2.90. The first-order valence-corrected chi connectivity index (χ1v) is 7.29.